The van der Waals surface area contributed by atoms with Gasteiger partial charge < -0.3 is 5.32 Å². The first-order valence-corrected chi connectivity index (χ1v) is 7.45. The van der Waals surface area contributed by atoms with Crippen molar-refractivity contribution in [3.05, 3.63) is 65.9 Å². The van der Waals surface area contributed by atoms with E-state index in [1.807, 2.05) is 36.5 Å². The minimum atomic E-state index is 0.0254. The first-order valence-electron chi connectivity index (χ1n) is 7.01. The number of rotatable bonds is 2. The van der Waals surface area contributed by atoms with E-state index in [9.17, 15) is 0 Å². The maximum atomic E-state index is 6.49. The van der Waals surface area contributed by atoms with E-state index in [1.165, 1.54) is 11.1 Å². The molecule has 0 saturated carbocycles. The first-order chi connectivity index (χ1) is 10.3. The van der Waals surface area contributed by atoms with Crippen molar-refractivity contribution in [1.82, 2.24) is 9.97 Å². The molecule has 0 aliphatic heterocycles. The van der Waals surface area contributed by atoms with Crippen LogP contribution in [0.15, 0.2) is 54.7 Å². The van der Waals surface area contributed by atoms with Crippen molar-refractivity contribution in [1.29, 1.82) is 0 Å². The van der Waals surface area contributed by atoms with Gasteiger partial charge in [-0.15, -0.1) is 11.6 Å². The molecule has 3 nitrogen and oxygen atoms in total. The Morgan fingerprint density at radius 2 is 1.86 bits per heavy atom. The van der Waals surface area contributed by atoms with Crippen LogP contribution in [0.4, 0.5) is 5.95 Å². The number of para-hydroxylation sites is 1. The lowest BCUT2D eigenvalue weighted by Crippen LogP contribution is -2.18. The van der Waals surface area contributed by atoms with Crippen LogP contribution in [0.1, 0.15) is 17.2 Å². The standard InChI is InChI=1S/C17H14ClN3/c18-14-9-11-5-1-3-7-13(11)16(14)21-17-19-10-12-6-2-4-8-15(12)20-17/h1-8,10,14,16H,9H2,(H,19,20,21). The van der Waals surface area contributed by atoms with Crippen LogP contribution < -0.4 is 5.32 Å². The summed E-state index contributed by atoms with van der Waals surface area (Å²) < 4.78 is 0. The van der Waals surface area contributed by atoms with Gasteiger partial charge in [0.15, 0.2) is 0 Å². The molecule has 104 valence electrons. The Labute approximate surface area is 128 Å². The van der Waals surface area contributed by atoms with Crippen LogP contribution in [0, 0.1) is 0 Å². The number of hydrogen-bond donors (Lipinski definition) is 1. The summed E-state index contributed by atoms with van der Waals surface area (Å²) >= 11 is 6.49. The molecule has 21 heavy (non-hydrogen) atoms. The van der Waals surface area contributed by atoms with Crippen LogP contribution in [0.3, 0.4) is 0 Å². The second kappa shape index (κ2) is 5.01. The molecule has 0 spiro atoms. The van der Waals surface area contributed by atoms with E-state index in [0.29, 0.717) is 5.95 Å². The highest BCUT2D eigenvalue weighted by Gasteiger charge is 2.31. The Hall–Kier alpha value is -2.13. The van der Waals surface area contributed by atoms with Crippen LogP contribution in [-0.2, 0) is 6.42 Å². The van der Waals surface area contributed by atoms with Gasteiger partial charge in [0.2, 0.25) is 5.95 Å². The molecule has 4 rings (SSSR count). The Kier molecular flexibility index (Phi) is 3.00. The number of hydrogen-bond acceptors (Lipinski definition) is 3. The summed E-state index contributed by atoms with van der Waals surface area (Å²) in [5.41, 5.74) is 3.48. The largest absolute Gasteiger partial charge is 0.346 e. The summed E-state index contributed by atoms with van der Waals surface area (Å²) in [7, 11) is 0. The van der Waals surface area contributed by atoms with Crippen LogP contribution in [0.5, 0.6) is 0 Å². The number of nitrogens with one attached hydrogen (secondary N) is 1. The van der Waals surface area contributed by atoms with Gasteiger partial charge in [0, 0.05) is 11.6 Å². The SMILES string of the molecule is ClC1Cc2ccccc2C1Nc1ncc2ccccc2n1. The smallest absolute Gasteiger partial charge is 0.223 e. The highest BCUT2D eigenvalue weighted by Crippen LogP contribution is 2.36. The van der Waals surface area contributed by atoms with Crippen LogP contribution in [-0.4, -0.2) is 15.3 Å². The van der Waals surface area contributed by atoms with Crippen LogP contribution >= 0.6 is 11.6 Å². The Morgan fingerprint density at radius 1 is 1.05 bits per heavy atom. The van der Waals surface area contributed by atoms with Crippen molar-refractivity contribution in [2.75, 3.05) is 5.32 Å². The summed E-state index contributed by atoms with van der Waals surface area (Å²) in [5.74, 6) is 0.626. The lowest BCUT2D eigenvalue weighted by atomic mass is 10.1. The third-order valence-corrected chi connectivity index (χ3v) is 4.35. The fourth-order valence-electron chi connectivity index (χ4n) is 2.90. The lowest BCUT2D eigenvalue weighted by Gasteiger charge is -2.17. The molecule has 1 aliphatic rings. The summed E-state index contributed by atoms with van der Waals surface area (Å²) in [6, 6.07) is 16.4. The molecule has 0 amide bonds. The van der Waals surface area contributed by atoms with Gasteiger partial charge in [-0.05, 0) is 23.6 Å². The van der Waals surface area contributed by atoms with Crippen molar-refractivity contribution in [2.45, 2.75) is 17.8 Å². The monoisotopic (exact) mass is 295 g/mol. The third-order valence-electron chi connectivity index (χ3n) is 3.94. The van der Waals surface area contributed by atoms with Gasteiger partial charge in [-0.25, -0.2) is 9.97 Å². The first kappa shape index (κ1) is 12.6. The zero-order valence-electron chi connectivity index (χ0n) is 11.3. The normalized spacial score (nSPS) is 20.4. The van der Waals surface area contributed by atoms with Crippen molar-refractivity contribution in [3.8, 4) is 0 Å². The molecule has 1 aromatic heterocycles. The predicted octanol–water partition coefficient (Wildman–Crippen LogP) is 3.95. The maximum absolute atomic E-state index is 6.49. The number of benzene rings is 2. The quantitative estimate of drug-likeness (QED) is 0.728. The summed E-state index contributed by atoms with van der Waals surface area (Å²) in [4.78, 5) is 8.96. The molecule has 0 radical (unpaired) electrons. The van der Waals surface area contributed by atoms with Gasteiger partial charge in [-0.2, -0.15) is 0 Å². The average Bonchev–Trinajstić information content (AvgIpc) is 2.83. The molecular formula is C17H14ClN3. The minimum Gasteiger partial charge on any atom is -0.346 e. The lowest BCUT2D eigenvalue weighted by molar-refractivity contribution is 0.761. The average molecular weight is 296 g/mol. The number of halogens is 1. The molecule has 2 unspecified atom stereocenters. The third kappa shape index (κ3) is 2.24. The van der Waals surface area contributed by atoms with Crippen molar-refractivity contribution >= 4 is 28.5 Å². The molecule has 4 heteroatoms. The molecule has 1 N–H and O–H groups in total. The Balaban J connectivity index is 1.68. The number of nitrogens with zero attached hydrogens (tertiary/aromatic N) is 2. The number of anilines is 1. The second-order valence-electron chi connectivity index (χ2n) is 5.29. The van der Waals surface area contributed by atoms with Gasteiger partial charge in [0.05, 0.1) is 16.9 Å². The van der Waals surface area contributed by atoms with E-state index in [1.54, 1.807) is 0 Å². The van der Waals surface area contributed by atoms with Crippen molar-refractivity contribution < 1.29 is 0 Å². The van der Waals surface area contributed by atoms with Gasteiger partial charge in [-0.3, -0.25) is 0 Å². The molecule has 0 bridgehead atoms. The molecule has 0 fully saturated rings. The zero-order valence-corrected chi connectivity index (χ0v) is 12.1. The number of alkyl halides is 1. The fraction of sp³-hybridized carbons (Fsp3) is 0.176. The Bertz CT molecular complexity index is 803. The number of aromatic nitrogens is 2. The van der Waals surface area contributed by atoms with Gasteiger partial charge in [0.25, 0.3) is 0 Å². The predicted molar refractivity (Wildman–Crippen MR) is 85.7 cm³/mol. The number of fused-ring (bicyclic) bond motifs is 2. The van der Waals surface area contributed by atoms with Crippen molar-refractivity contribution in [3.63, 3.8) is 0 Å². The molecule has 3 aromatic rings. The molecule has 1 heterocycles. The second-order valence-corrected chi connectivity index (χ2v) is 5.85. The summed E-state index contributed by atoms with van der Waals surface area (Å²) in [6.45, 7) is 0. The minimum absolute atomic E-state index is 0.0254. The fourth-order valence-corrected chi connectivity index (χ4v) is 3.26. The Morgan fingerprint density at radius 3 is 2.81 bits per heavy atom. The van der Waals surface area contributed by atoms with Gasteiger partial charge in [-0.1, -0.05) is 42.5 Å². The molecule has 2 aromatic carbocycles. The van der Waals surface area contributed by atoms with E-state index >= 15 is 0 Å². The summed E-state index contributed by atoms with van der Waals surface area (Å²) in [6.07, 6.45) is 2.72. The maximum Gasteiger partial charge on any atom is 0.223 e. The van der Waals surface area contributed by atoms with E-state index in [4.69, 9.17) is 11.6 Å². The topological polar surface area (TPSA) is 37.8 Å². The van der Waals surface area contributed by atoms with E-state index < -0.39 is 0 Å². The molecule has 1 aliphatic carbocycles. The highest BCUT2D eigenvalue weighted by atomic mass is 35.5. The zero-order chi connectivity index (χ0) is 14.2. The molecule has 2 atom stereocenters. The van der Waals surface area contributed by atoms with Crippen LogP contribution in [0.2, 0.25) is 0 Å². The molecular weight excluding hydrogens is 282 g/mol. The van der Waals surface area contributed by atoms with Gasteiger partial charge >= 0.3 is 0 Å². The van der Waals surface area contributed by atoms with Crippen LogP contribution in [0.25, 0.3) is 10.9 Å². The van der Waals surface area contributed by atoms with E-state index in [0.717, 1.165) is 17.3 Å². The highest BCUT2D eigenvalue weighted by molar-refractivity contribution is 6.21. The van der Waals surface area contributed by atoms with Gasteiger partial charge in [0.1, 0.15) is 0 Å². The summed E-state index contributed by atoms with van der Waals surface area (Å²) in [5, 5.41) is 4.45. The van der Waals surface area contributed by atoms with E-state index in [-0.39, 0.29) is 11.4 Å². The molecule has 0 saturated heterocycles. The van der Waals surface area contributed by atoms with E-state index in [2.05, 4.69) is 33.5 Å². The van der Waals surface area contributed by atoms with Crippen molar-refractivity contribution in [2.24, 2.45) is 0 Å².